The molecule has 0 unspecified atom stereocenters. The normalized spacial score (nSPS) is 10.4. The van der Waals surface area contributed by atoms with Gasteiger partial charge < -0.3 is 15.4 Å². The van der Waals surface area contributed by atoms with Gasteiger partial charge in [-0.1, -0.05) is 34.5 Å². The molecule has 0 aliphatic heterocycles. The van der Waals surface area contributed by atoms with Crippen LogP contribution in [0.3, 0.4) is 0 Å². The molecule has 0 aromatic heterocycles. The molecular weight excluding hydrogens is 432 g/mol. The highest BCUT2D eigenvalue weighted by Crippen LogP contribution is 2.28. The Labute approximate surface area is 172 Å². The van der Waals surface area contributed by atoms with E-state index in [2.05, 4.69) is 26.6 Å². The molecule has 0 radical (unpaired) electrons. The lowest BCUT2D eigenvalue weighted by molar-refractivity contribution is -0.118. The summed E-state index contributed by atoms with van der Waals surface area (Å²) in [6, 6.07) is 8.81. The number of benzene rings is 2. The molecule has 2 aromatic rings. The second kappa shape index (κ2) is 9.76. The van der Waals surface area contributed by atoms with Crippen molar-refractivity contribution in [1.82, 2.24) is 0 Å². The Bertz CT molecular complexity index is 832. The highest BCUT2D eigenvalue weighted by molar-refractivity contribution is 9.10. The summed E-state index contributed by atoms with van der Waals surface area (Å²) in [7, 11) is 0. The zero-order valence-electron chi connectivity index (χ0n) is 15.5. The predicted octanol–water partition coefficient (Wildman–Crippen LogP) is 5.48. The second-order valence-electron chi connectivity index (χ2n) is 6.20. The van der Waals surface area contributed by atoms with Gasteiger partial charge in [-0.05, 0) is 61.7 Å². The third-order valence-electron chi connectivity index (χ3n) is 3.77. The standard InChI is InChI=1S/C20H22BrClN2O3/c1-4-5-18(25)23-15-6-7-16(22)17(10-15)24-19(26)11-27-20-12(2)8-14(21)9-13(20)3/h6-10H,4-5,11H2,1-3H3,(H,23,25)(H,24,26). The van der Waals surface area contributed by atoms with Gasteiger partial charge in [-0.3, -0.25) is 9.59 Å². The van der Waals surface area contributed by atoms with Crippen LogP contribution in [-0.2, 0) is 9.59 Å². The molecule has 144 valence electrons. The maximum atomic E-state index is 12.3. The van der Waals surface area contributed by atoms with Crippen LogP contribution in [0.2, 0.25) is 5.02 Å². The Kier molecular flexibility index (Phi) is 7.68. The minimum atomic E-state index is -0.337. The predicted molar refractivity (Wildman–Crippen MR) is 113 cm³/mol. The zero-order valence-corrected chi connectivity index (χ0v) is 17.8. The van der Waals surface area contributed by atoms with Gasteiger partial charge in [0, 0.05) is 16.6 Å². The minimum Gasteiger partial charge on any atom is -0.483 e. The summed E-state index contributed by atoms with van der Waals surface area (Å²) in [4.78, 5) is 24.0. The van der Waals surface area contributed by atoms with Gasteiger partial charge in [0.15, 0.2) is 6.61 Å². The third-order valence-corrected chi connectivity index (χ3v) is 4.56. The molecule has 2 rings (SSSR count). The number of amides is 2. The number of halogens is 2. The van der Waals surface area contributed by atoms with Crippen LogP contribution >= 0.6 is 27.5 Å². The number of rotatable bonds is 7. The van der Waals surface area contributed by atoms with Gasteiger partial charge in [0.2, 0.25) is 5.91 Å². The molecule has 0 aliphatic carbocycles. The fourth-order valence-electron chi connectivity index (χ4n) is 2.60. The van der Waals surface area contributed by atoms with Gasteiger partial charge in [-0.2, -0.15) is 0 Å². The molecule has 0 atom stereocenters. The highest BCUT2D eigenvalue weighted by Gasteiger charge is 2.11. The first-order valence-electron chi connectivity index (χ1n) is 8.59. The van der Waals surface area contributed by atoms with Crippen LogP contribution in [0.15, 0.2) is 34.8 Å². The van der Waals surface area contributed by atoms with Gasteiger partial charge in [0.25, 0.3) is 5.91 Å². The smallest absolute Gasteiger partial charge is 0.262 e. The van der Waals surface area contributed by atoms with Crippen LogP contribution in [0.5, 0.6) is 5.75 Å². The first kappa shape index (κ1) is 21.3. The van der Waals surface area contributed by atoms with Gasteiger partial charge in [0.1, 0.15) is 5.75 Å². The molecule has 0 bridgehead atoms. The van der Waals surface area contributed by atoms with Crippen molar-refractivity contribution in [2.24, 2.45) is 0 Å². The summed E-state index contributed by atoms with van der Waals surface area (Å²) in [5.41, 5.74) is 2.87. The molecule has 5 nitrogen and oxygen atoms in total. The Morgan fingerprint density at radius 2 is 1.74 bits per heavy atom. The van der Waals surface area contributed by atoms with Crippen molar-refractivity contribution in [2.75, 3.05) is 17.2 Å². The Morgan fingerprint density at radius 3 is 2.37 bits per heavy atom. The number of ether oxygens (including phenoxy) is 1. The van der Waals surface area contributed by atoms with Crippen LogP contribution in [0.4, 0.5) is 11.4 Å². The van der Waals surface area contributed by atoms with Gasteiger partial charge in [0.05, 0.1) is 10.7 Å². The summed E-state index contributed by atoms with van der Waals surface area (Å²) in [5.74, 6) is 0.261. The fraction of sp³-hybridized carbons (Fsp3) is 0.300. The molecule has 27 heavy (non-hydrogen) atoms. The molecule has 0 spiro atoms. The highest BCUT2D eigenvalue weighted by atomic mass is 79.9. The maximum Gasteiger partial charge on any atom is 0.262 e. The monoisotopic (exact) mass is 452 g/mol. The first-order valence-corrected chi connectivity index (χ1v) is 9.76. The van der Waals surface area contributed by atoms with E-state index in [0.29, 0.717) is 28.6 Å². The van der Waals surface area contributed by atoms with E-state index in [0.717, 1.165) is 22.0 Å². The summed E-state index contributed by atoms with van der Waals surface area (Å²) in [6.07, 6.45) is 1.19. The Hall–Kier alpha value is -2.05. The van der Waals surface area contributed by atoms with E-state index in [1.807, 2.05) is 32.9 Å². The van der Waals surface area contributed by atoms with E-state index in [1.54, 1.807) is 18.2 Å². The number of carbonyl (C=O) groups excluding carboxylic acids is 2. The molecule has 2 aromatic carbocycles. The summed E-state index contributed by atoms with van der Waals surface area (Å²) < 4.78 is 6.64. The van der Waals surface area contributed by atoms with Gasteiger partial charge in [-0.15, -0.1) is 0 Å². The van der Waals surface area contributed by atoms with Crippen molar-refractivity contribution in [3.8, 4) is 5.75 Å². The molecular formula is C20H22BrClN2O3. The largest absolute Gasteiger partial charge is 0.483 e. The maximum absolute atomic E-state index is 12.3. The Morgan fingerprint density at radius 1 is 1.07 bits per heavy atom. The minimum absolute atomic E-state index is 0.0818. The topological polar surface area (TPSA) is 67.4 Å². The third kappa shape index (κ3) is 6.26. The fourth-order valence-corrected chi connectivity index (χ4v) is 3.45. The number of carbonyl (C=O) groups is 2. The van der Waals surface area contributed by atoms with Crippen molar-refractivity contribution >= 4 is 50.7 Å². The van der Waals surface area contributed by atoms with Gasteiger partial charge >= 0.3 is 0 Å². The molecule has 0 saturated heterocycles. The number of aryl methyl sites for hydroxylation is 2. The molecule has 0 heterocycles. The van der Waals surface area contributed by atoms with Crippen molar-refractivity contribution in [3.05, 3.63) is 51.0 Å². The lowest BCUT2D eigenvalue weighted by Crippen LogP contribution is -2.21. The van der Waals surface area contributed by atoms with E-state index in [-0.39, 0.29) is 18.4 Å². The summed E-state index contributed by atoms with van der Waals surface area (Å²) >= 11 is 9.58. The number of hydrogen-bond donors (Lipinski definition) is 2. The number of nitrogens with one attached hydrogen (secondary N) is 2. The quantitative estimate of drug-likeness (QED) is 0.583. The first-order chi connectivity index (χ1) is 12.8. The molecule has 0 aliphatic rings. The van der Waals surface area contributed by atoms with Crippen molar-refractivity contribution in [3.63, 3.8) is 0 Å². The van der Waals surface area contributed by atoms with E-state index in [9.17, 15) is 9.59 Å². The van der Waals surface area contributed by atoms with Crippen molar-refractivity contribution in [2.45, 2.75) is 33.6 Å². The molecule has 2 amide bonds. The van der Waals surface area contributed by atoms with Crippen LogP contribution in [0, 0.1) is 13.8 Å². The van der Waals surface area contributed by atoms with Crippen molar-refractivity contribution in [1.29, 1.82) is 0 Å². The molecule has 7 heteroatoms. The molecule has 0 fully saturated rings. The molecule has 2 N–H and O–H groups in total. The Balaban J connectivity index is 2.02. The lowest BCUT2D eigenvalue weighted by atomic mass is 10.1. The van der Waals surface area contributed by atoms with Gasteiger partial charge in [-0.25, -0.2) is 0 Å². The molecule has 0 saturated carbocycles. The number of anilines is 2. The van der Waals surface area contributed by atoms with E-state index < -0.39 is 0 Å². The average molecular weight is 454 g/mol. The van der Waals surface area contributed by atoms with Crippen LogP contribution < -0.4 is 15.4 Å². The second-order valence-corrected chi connectivity index (χ2v) is 7.52. The lowest BCUT2D eigenvalue weighted by Gasteiger charge is -2.14. The summed E-state index contributed by atoms with van der Waals surface area (Å²) in [5, 5.41) is 5.88. The van der Waals surface area contributed by atoms with Crippen LogP contribution in [0.25, 0.3) is 0 Å². The average Bonchev–Trinajstić information content (AvgIpc) is 2.57. The van der Waals surface area contributed by atoms with Crippen LogP contribution in [0.1, 0.15) is 30.9 Å². The zero-order chi connectivity index (χ0) is 20.0. The number of hydrogen-bond acceptors (Lipinski definition) is 3. The summed E-state index contributed by atoms with van der Waals surface area (Å²) in [6.45, 7) is 5.63. The SMILES string of the molecule is CCCC(=O)Nc1ccc(Cl)c(NC(=O)COc2c(C)cc(Br)cc2C)c1. The van der Waals surface area contributed by atoms with E-state index in [1.165, 1.54) is 0 Å². The van der Waals surface area contributed by atoms with Crippen molar-refractivity contribution < 1.29 is 14.3 Å². The van der Waals surface area contributed by atoms with E-state index >= 15 is 0 Å². The van der Waals surface area contributed by atoms with E-state index in [4.69, 9.17) is 16.3 Å². The van der Waals surface area contributed by atoms with Crippen LogP contribution in [-0.4, -0.2) is 18.4 Å².